The molecule has 2 aromatic rings. The number of methoxy groups -OCH3 is 2. The molecule has 1 N–H and O–H groups in total. The normalized spacial score (nSPS) is 12.9. The number of hydrogen-bond acceptors (Lipinski definition) is 4. The van der Waals surface area contributed by atoms with Crippen molar-refractivity contribution in [3.8, 4) is 11.5 Å². The molecule has 0 aliphatic carbocycles. The smallest absolute Gasteiger partial charge is 0.251 e. The van der Waals surface area contributed by atoms with E-state index in [1.165, 1.54) is 25.3 Å². The predicted octanol–water partition coefficient (Wildman–Crippen LogP) is 2.41. The molecule has 1 aliphatic heterocycles. The Labute approximate surface area is 159 Å². The van der Waals surface area contributed by atoms with Gasteiger partial charge < -0.3 is 19.7 Å². The van der Waals surface area contributed by atoms with Gasteiger partial charge in [0.25, 0.3) is 5.91 Å². The van der Waals surface area contributed by atoms with Gasteiger partial charge in [0.15, 0.2) is 0 Å². The lowest BCUT2D eigenvalue weighted by atomic mass is 10.00. The Kier molecular flexibility index (Phi) is 5.96. The molecular formula is C21H24N2O4. The molecule has 0 saturated carbocycles. The third-order valence-corrected chi connectivity index (χ3v) is 4.72. The number of amides is 2. The summed E-state index contributed by atoms with van der Waals surface area (Å²) >= 11 is 0. The van der Waals surface area contributed by atoms with Gasteiger partial charge in [-0.3, -0.25) is 9.59 Å². The lowest BCUT2D eigenvalue weighted by Crippen LogP contribution is -2.38. The average Bonchev–Trinajstić information content (AvgIpc) is 2.72. The van der Waals surface area contributed by atoms with E-state index < -0.39 is 0 Å². The van der Waals surface area contributed by atoms with Crippen LogP contribution in [0.2, 0.25) is 0 Å². The second-order valence-electron chi connectivity index (χ2n) is 6.44. The third-order valence-electron chi connectivity index (χ3n) is 4.72. The molecule has 0 unspecified atom stereocenters. The summed E-state index contributed by atoms with van der Waals surface area (Å²) in [6, 6.07) is 13.2. The topological polar surface area (TPSA) is 67.9 Å². The fourth-order valence-corrected chi connectivity index (χ4v) is 3.19. The number of fused-ring (bicyclic) bond motifs is 1. The van der Waals surface area contributed by atoms with Gasteiger partial charge in [0.2, 0.25) is 5.91 Å². The van der Waals surface area contributed by atoms with E-state index in [0.717, 1.165) is 13.0 Å². The Morgan fingerprint density at radius 3 is 2.37 bits per heavy atom. The fraction of sp³-hybridized carbons (Fsp3) is 0.333. The van der Waals surface area contributed by atoms with Crippen molar-refractivity contribution in [1.29, 1.82) is 0 Å². The van der Waals surface area contributed by atoms with Crippen LogP contribution < -0.4 is 14.8 Å². The molecule has 0 bridgehead atoms. The first-order valence-corrected chi connectivity index (χ1v) is 8.96. The zero-order chi connectivity index (χ0) is 19.2. The number of hydrogen-bond donors (Lipinski definition) is 1. The van der Waals surface area contributed by atoms with Crippen molar-refractivity contribution in [3.63, 3.8) is 0 Å². The van der Waals surface area contributed by atoms with E-state index in [0.29, 0.717) is 23.6 Å². The number of ether oxygens (including phenoxy) is 2. The maximum atomic E-state index is 12.5. The second-order valence-corrected chi connectivity index (χ2v) is 6.44. The maximum absolute atomic E-state index is 12.5. The number of carbonyl (C=O) groups is 2. The highest BCUT2D eigenvalue weighted by Crippen LogP contribution is 2.22. The maximum Gasteiger partial charge on any atom is 0.251 e. The first-order chi connectivity index (χ1) is 13.1. The van der Waals surface area contributed by atoms with Gasteiger partial charge in [-0.05, 0) is 29.7 Å². The minimum Gasteiger partial charge on any atom is -0.497 e. The van der Waals surface area contributed by atoms with Crippen molar-refractivity contribution in [3.05, 3.63) is 59.2 Å². The minimum atomic E-state index is -0.260. The summed E-state index contributed by atoms with van der Waals surface area (Å²) in [5.74, 6) is 0.877. The Morgan fingerprint density at radius 2 is 1.70 bits per heavy atom. The summed E-state index contributed by atoms with van der Waals surface area (Å²) < 4.78 is 10.4. The van der Waals surface area contributed by atoms with Crippen molar-refractivity contribution in [2.75, 3.05) is 27.3 Å². The molecular weight excluding hydrogens is 344 g/mol. The van der Waals surface area contributed by atoms with Crippen LogP contribution in [0.5, 0.6) is 11.5 Å². The van der Waals surface area contributed by atoms with Crippen LogP contribution in [0.3, 0.4) is 0 Å². The highest BCUT2D eigenvalue weighted by Gasteiger charge is 2.20. The van der Waals surface area contributed by atoms with E-state index in [-0.39, 0.29) is 24.8 Å². The van der Waals surface area contributed by atoms with E-state index in [9.17, 15) is 9.59 Å². The molecule has 0 radical (unpaired) electrons. The minimum absolute atomic E-state index is 0.0491. The highest BCUT2D eigenvalue weighted by atomic mass is 16.5. The number of carbonyl (C=O) groups excluding carboxylic acids is 2. The van der Waals surface area contributed by atoms with Crippen molar-refractivity contribution in [1.82, 2.24) is 10.2 Å². The molecule has 1 aliphatic rings. The van der Waals surface area contributed by atoms with Gasteiger partial charge in [-0.2, -0.15) is 0 Å². The van der Waals surface area contributed by atoms with Gasteiger partial charge in [0.1, 0.15) is 11.5 Å². The summed E-state index contributed by atoms with van der Waals surface area (Å²) in [6.07, 6.45) is 1.15. The van der Waals surface area contributed by atoms with Crippen LogP contribution in [-0.4, -0.2) is 44.0 Å². The third kappa shape index (κ3) is 4.58. The predicted molar refractivity (Wildman–Crippen MR) is 102 cm³/mol. The number of benzene rings is 2. The molecule has 6 heteroatoms. The Hall–Kier alpha value is -3.02. The van der Waals surface area contributed by atoms with E-state index in [1.807, 2.05) is 17.0 Å². The summed E-state index contributed by atoms with van der Waals surface area (Å²) in [6.45, 7) is 1.64. The fourth-order valence-electron chi connectivity index (χ4n) is 3.19. The summed E-state index contributed by atoms with van der Waals surface area (Å²) in [5.41, 5.74) is 2.94. The standard InChI is InChI=1S/C21H24N2O4/c1-26-18-11-17(12-19(13-18)27-2)21(25)22-9-7-20(24)23-10-8-15-5-3-4-6-16(15)14-23/h3-6,11-13H,7-10,14H2,1-2H3,(H,22,25). The van der Waals surface area contributed by atoms with Crippen LogP contribution in [0.1, 0.15) is 27.9 Å². The first kappa shape index (κ1) is 18.8. The second kappa shape index (κ2) is 8.58. The Bertz CT molecular complexity index is 812. The molecule has 0 spiro atoms. The van der Waals surface area contributed by atoms with Gasteiger partial charge in [0, 0.05) is 37.7 Å². The van der Waals surface area contributed by atoms with Crippen molar-refractivity contribution in [2.45, 2.75) is 19.4 Å². The molecule has 1 heterocycles. The SMILES string of the molecule is COc1cc(OC)cc(C(=O)NCCC(=O)N2CCc3ccccc3C2)c1. The lowest BCUT2D eigenvalue weighted by molar-refractivity contribution is -0.131. The zero-order valence-corrected chi connectivity index (χ0v) is 15.7. The van der Waals surface area contributed by atoms with Crippen LogP contribution >= 0.6 is 0 Å². The largest absolute Gasteiger partial charge is 0.497 e. The van der Waals surface area contributed by atoms with Gasteiger partial charge in [-0.15, -0.1) is 0 Å². The van der Waals surface area contributed by atoms with Gasteiger partial charge >= 0.3 is 0 Å². The van der Waals surface area contributed by atoms with E-state index in [2.05, 4.69) is 17.4 Å². The van der Waals surface area contributed by atoms with E-state index in [4.69, 9.17) is 9.47 Å². The van der Waals surface area contributed by atoms with Gasteiger partial charge in [0.05, 0.1) is 14.2 Å². The molecule has 0 atom stereocenters. The Balaban J connectivity index is 1.52. The molecule has 2 amide bonds. The summed E-state index contributed by atoms with van der Waals surface area (Å²) in [5, 5.41) is 2.79. The van der Waals surface area contributed by atoms with Crippen LogP contribution in [0.15, 0.2) is 42.5 Å². The van der Waals surface area contributed by atoms with Crippen molar-refractivity contribution >= 4 is 11.8 Å². The van der Waals surface area contributed by atoms with Crippen molar-refractivity contribution < 1.29 is 19.1 Å². The Morgan fingerprint density at radius 1 is 1.04 bits per heavy atom. The van der Waals surface area contributed by atoms with Gasteiger partial charge in [-0.1, -0.05) is 24.3 Å². The molecule has 0 fully saturated rings. The molecule has 0 aromatic heterocycles. The summed E-state index contributed by atoms with van der Waals surface area (Å²) in [4.78, 5) is 26.7. The number of rotatable bonds is 6. The monoisotopic (exact) mass is 368 g/mol. The van der Waals surface area contributed by atoms with Crippen LogP contribution in [0.4, 0.5) is 0 Å². The van der Waals surface area contributed by atoms with Crippen LogP contribution in [-0.2, 0) is 17.8 Å². The number of nitrogens with one attached hydrogen (secondary N) is 1. The van der Waals surface area contributed by atoms with Crippen LogP contribution in [0, 0.1) is 0 Å². The molecule has 6 nitrogen and oxygen atoms in total. The van der Waals surface area contributed by atoms with Crippen LogP contribution in [0.25, 0.3) is 0 Å². The molecule has 3 rings (SSSR count). The zero-order valence-electron chi connectivity index (χ0n) is 15.7. The quantitative estimate of drug-likeness (QED) is 0.850. The highest BCUT2D eigenvalue weighted by molar-refractivity contribution is 5.95. The van der Waals surface area contributed by atoms with E-state index in [1.54, 1.807) is 18.2 Å². The average molecular weight is 368 g/mol. The molecule has 2 aromatic carbocycles. The molecule has 0 saturated heterocycles. The molecule has 142 valence electrons. The first-order valence-electron chi connectivity index (χ1n) is 8.96. The molecule has 27 heavy (non-hydrogen) atoms. The summed E-state index contributed by atoms with van der Waals surface area (Å²) in [7, 11) is 3.07. The van der Waals surface area contributed by atoms with Gasteiger partial charge in [-0.25, -0.2) is 0 Å². The lowest BCUT2D eigenvalue weighted by Gasteiger charge is -2.29. The number of nitrogens with zero attached hydrogens (tertiary/aromatic N) is 1. The van der Waals surface area contributed by atoms with E-state index >= 15 is 0 Å². The van der Waals surface area contributed by atoms with Crippen molar-refractivity contribution in [2.24, 2.45) is 0 Å².